The molecule has 0 bridgehead atoms. The summed E-state index contributed by atoms with van der Waals surface area (Å²) in [6.07, 6.45) is 3.11. The third kappa shape index (κ3) is 2.43. The van der Waals surface area contributed by atoms with Gasteiger partial charge in [-0.1, -0.05) is 18.2 Å². The van der Waals surface area contributed by atoms with E-state index in [1.54, 1.807) is 10.9 Å². The number of para-hydroxylation sites is 1. The van der Waals surface area contributed by atoms with Crippen LogP contribution < -0.4 is 11.1 Å². The number of pyridine rings is 1. The smallest absolute Gasteiger partial charge is 0.276 e. The number of amides is 1. The maximum absolute atomic E-state index is 12.3. The largest absolute Gasteiger partial charge is 0.396 e. The van der Waals surface area contributed by atoms with Crippen LogP contribution in [0.25, 0.3) is 10.9 Å². The Hall–Kier alpha value is -2.89. The predicted octanol–water partition coefficient (Wildman–Crippen LogP) is 2.29. The van der Waals surface area contributed by atoms with E-state index in [1.807, 2.05) is 37.3 Å². The summed E-state index contributed by atoms with van der Waals surface area (Å²) in [5.41, 5.74) is 8.04. The van der Waals surface area contributed by atoms with Crippen LogP contribution in [0.5, 0.6) is 0 Å². The molecular formula is C15H15N5O. The van der Waals surface area contributed by atoms with Crippen molar-refractivity contribution in [3.05, 3.63) is 48.4 Å². The van der Waals surface area contributed by atoms with Gasteiger partial charge in [-0.05, 0) is 19.1 Å². The first-order valence-electron chi connectivity index (χ1n) is 6.66. The molecule has 0 aliphatic carbocycles. The van der Waals surface area contributed by atoms with Gasteiger partial charge in [0.1, 0.15) is 5.69 Å². The van der Waals surface area contributed by atoms with E-state index in [1.165, 1.54) is 6.20 Å². The SMILES string of the molecule is CCn1ncc(N)c1C(=O)Nc1cnc2ccccc2c1. The van der Waals surface area contributed by atoms with E-state index in [4.69, 9.17) is 5.73 Å². The second-order valence-electron chi connectivity index (χ2n) is 4.64. The number of nitrogens with zero attached hydrogens (tertiary/aromatic N) is 3. The lowest BCUT2D eigenvalue weighted by Gasteiger charge is -2.08. The van der Waals surface area contributed by atoms with Crippen molar-refractivity contribution in [1.29, 1.82) is 0 Å². The Balaban J connectivity index is 1.90. The highest BCUT2D eigenvalue weighted by atomic mass is 16.2. The molecule has 0 fully saturated rings. The number of nitrogens with two attached hydrogens (primary N) is 1. The number of fused-ring (bicyclic) bond motifs is 1. The molecule has 2 aromatic heterocycles. The van der Waals surface area contributed by atoms with Crippen molar-refractivity contribution in [2.45, 2.75) is 13.5 Å². The number of hydrogen-bond donors (Lipinski definition) is 2. The number of nitrogens with one attached hydrogen (secondary N) is 1. The molecular weight excluding hydrogens is 266 g/mol. The van der Waals surface area contributed by atoms with Gasteiger partial charge in [0, 0.05) is 11.9 Å². The number of nitrogen functional groups attached to an aromatic ring is 1. The summed E-state index contributed by atoms with van der Waals surface area (Å²) in [5.74, 6) is -0.288. The van der Waals surface area contributed by atoms with E-state index in [9.17, 15) is 4.79 Å². The molecule has 0 saturated heterocycles. The molecule has 3 rings (SSSR count). The maximum atomic E-state index is 12.3. The van der Waals surface area contributed by atoms with Crippen molar-refractivity contribution < 1.29 is 4.79 Å². The monoisotopic (exact) mass is 281 g/mol. The van der Waals surface area contributed by atoms with Gasteiger partial charge in [0.2, 0.25) is 0 Å². The fraction of sp³-hybridized carbons (Fsp3) is 0.133. The number of hydrogen-bond acceptors (Lipinski definition) is 4. The van der Waals surface area contributed by atoms with Crippen LogP contribution in [0.15, 0.2) is 42.7 Å². The van der Waals surface area contributed by atoms with E-state index < -0.39 is 0 Å². The number of aryl methyl sites for hydroxylation is 1. The summed E-state index contributed by atoms with van der Waals surface area (Å²) >= 11 is 0. The topological polar surface area (TPSA) is 85.8 Å². The third-order valence-corrected chi connectivity index (χ3v) is 3.23. The minimum Gasteiger partial charge on any atom is -0.396 e. The summed E-state index contributed by atoms with van der Waals surface area (Å²) in [5, 5.41) is 7.84. The summed E-state index contributed by atoms with van der Waals surface area (Å²) < 4.78 is 1.57. The average molecular weight is 281 g/mol. The molecule has 3 aromatic rings. The molecule has 1 amide bonds. The van der Waals surface area contributed by atoms with Crippen LogP contribution >= 0.6 is 0 Å². The number of carbonyl (C=O) groups is 1. The quantitative estimate of drug-likeness (QED) is 0.771. The summed E-state index contributed by atoms with van der Waals surface area (Å²) in [6.45, 7) is 2.48. The Morgan fingerprint density at radius 1 is 1.33 bits per heavy atom. The van der Waals surface area contributed by atoms with Crippen molar-refractivity contribution in [2.24, 2.45) is 0 Å². The van der Waals surface area contributed by atoms with Crippen LogP contribution in [-0.4, -0.2) is 20.7 Å². The molecule has 0 aliphatic rings. The van der Waals surface area contributed by atoms with Gasteiger partial charge >= 0.3 is 0 Å². The zero-order valence-corrected chi connectivity index (χ0v) is 11.6. The summed E-state index contributed by atoms with van der Waals surface area (Å²) in [4.78, 5) is 16.6. The van der Waals surface area contributed by atoms with Crippen molar-refractivity contribution in [3.63, 3.8) is 0 Å². The molecule has 0 unspecified atom stereocenters. The molecule has 106 valence electrons. The fourth-order valence-corrected chi connectivity index (χ4v) is 2.22. The van der Waals surface area contributed by atoms with Crippen LogP contribution in [0.3, 0.4) is 0 Å². The number of aromatic nitrogens is 3. The van der Waals surface area contributed by atoms with E-state index >= 15 is 0 Å². The number of rotatable bonds is 3. The molecule has 2 heterocycles. The normalized spacial score (nSPS) is 10.7. The molecule has 3 N–H and O–H groups in total. The van der Waals surface area contributed by atoms with Crippen molar-refractivity contribution >= 4 is 28.2 Å². The van der Waals surface area contributed by atoms with Crippen molar-refractivity contribution in [3.8, 4) is 0 Å². The zero-order chi connectivity index (χ0) is 14.8. The van der Waals surface area contributed by atoms with Crippen LogP contribution in [0.2, 0.25) is 0 Å². The lowest BCUT2D eigenvalue weighted by molar-refractivity contribution is 0.101. The standard InChI is InChI=1S/C15H15N5O/c1-2-20-14(12(16)9-18-20)15(21)19-11-7-10-5-3-4-6-13(10)17-8-11/h3-9H,2,16H2,1H3,(H,19,21). The Kier molecular flexibility index (Phi) is 3.27. The number of carbonyl (C=O) groups excluding carboxylic acids is 1. The van der Waals surface area contributed by atoms with E-state index in [0.717, 1.165) is 10.9 Å². The molecule has 1 aromatic carbocycles. The Morgan fingerprint density at radius 2 is 2.14 bits per heavy atom. The molecule has 0 aliphatic heterocycles. The van der Waals surface area contributed by atoms with E-state index in [-0.39, 0.29) is 5.91 Å². The fourth-order valence-electron chi connectivity index (χ4n) is 2.22. The van der Waals surface area contributed by atoms with E-state index in [0.29, 0.717) is 23.6 Å². The van der Waals surface area contributed by atoms with Crippen LogP contribution in [-0.2, 0) is 6.54 Å². The maximum Gasteiger partial charge on any atom is 0.276 e. The van der Waals surface area contributed by atoms with Gasteiger partial charge in [0.25, 0.3) is 5.91 Å². The second kappa shape index (κ2) is 5.24. The summed E-state index contributed by atoms with van der Waals surface area (Å²) in [7, 11) is 0. The molecule has 0 spiro atoms. The first kappa shape index (κ1) is 13.1. The minimum atomic E-state index is -0.288. The number of anilines is 2. The zero-order valence-electron chi connectivity index (χ0n) is 11.6. The van der Waals surface area contributed by atoms with Gasteiger partial charge in [0.15, 0.2) is 0 Å². The molecule has 0 atom stereocenters. The Bertz CT molecular complexity index is 809. The molecule has 21 heavy (non-hydrogen) atoms. The first-order chi connectivity index (χ1) is 10.2. The average Bonchev–Trinajstić information content (AvgIpc) is 2.88. The minimum absolute atomic E-state index is 0.288. The lowest BCUT2D eigenvalue weighted by Crippen LogP contribution is -2.18. The van der Waals surface area contributed by atoms with Crippen LogP contribution in [0.1, 0.15) is 17.4 Å². The van der Waals surface area contributed by atoms with Crippen molar-refractivity contribution in [1.82, 2.24) is 14.8 Å². The third-order valence-electron chi connectivity index (χ3n) is 3.23. The Morgan fingerprint density at radius 3 is 2.95 bits per heavy atom. The number of benzene rings is 1. The highest BCUT2D eigenvalue weighted by molar-refractivity contribution is 6.06. The van der Waals surface area contributed by atoms with Gasteiger partial charge in [0.05, 0.1) is 29.3 Å². The van der Waals surface area contributed by atoms with Crippen LogP contribution in [0.4, 0.5) is 11.4 Å². The van der Waals surface area contributed by atoms with Crippen LogP contribution in [0, 0.1) is 0 Å². The van der Waals surface area contributed by atoms with Gasteiger partial charge in [-0.25, -0.2) is 0 Å². The highest BCUT2D eigenvalue weighted by Gasteiger charge is 2.16. The molecule has 6 heteroatoms. The summed E-state index contributed by atoms with van der Waals surface area (Å²) in [6, 6.07) is 9.60. The van der Waals surface area contributed by atoms with E-state index in [2.05, 4.69) is 15.4 Å². The first-order valence-corrected chi connectivity index (χ1v) is 6.66. The van der Waals surface area contributed by atoms with Gasteiger partial charge < -0.3 is 11.1 Å². The molecule has 0 radical (unpaired) electrons. The second-order valence-corrected chi connectivity index (χ2v) is 4.64. The molecule has 6 nitrogen and oxygen atoms in total. The van der Waals surface area contributed by atoms with Crippen molar-refractivity contribution in [2.75, 3.05) is 11.1 Å². The lowest BCUT2D eigenvalue weighted by atomic mass is 10.2. The predicted molar refractivity (Wildman–Crippen MR) is 82.0 cm³/mol. The highest BCUT2D eigenvalue weighted by Crippen LogP contribution is 2.18. The van der Waals surface area contributed by atoms with Gasteiger partial charge in [-0.3, -0.25) is 14.5 Å². The Labute approximate surface area is 121 Å². The van der Waals surface area contributed by atoms with Gasteiger partial charge in [-0.2, -0.15) is 5.10 Å². The van der Waals surface area contributed by atoms with Gasteiger partial charge in [-0.15, -0.1) is 0 Å². The molecule has 0 saturated carbocycles.